The Morgan fingerprint density at radius 1 is 0.944 bits per heavy atom. The van der Waals surface area contributed by atoms with Gasteiger partial charge in [-0.2, -0.15) is 9.89 Å². The minimum Gasteiger partial charge on any atom is -0.357 e. The summed E-state index contributed by atoms with van der Waals surface area (Å²) in [6.45, 7) is 0. The SMILES string of the molecule is O=C(Nc1cnccc1C(=O)Nn1ncc2cc(S(=O)(=O)c3cccc(F)c3)ccc21)c1ccc[nH]1. The van der Waals surface area contributed by atoms with Gasteiger partial charge in [-0.05, 0) is 54.6 Å². The predicted octanol–water partition coefficient (Wildman–Crippen LogP) is 3.37. The number of halogens is 1. The summed E-state index contributed by atoms with van der Waals surface area (Å²) < 4.78 is 39.4. The van der Waals surface area contributed by atoms with Crippen molar-refractivity contribution in [3.8, 4) is 0 Å². The molecule has 0 unspecified atom stereocenters. The first-order chi connectivity index (χ1) is 17.3. The number of nitrogens with zero attached hydrogens (tertiary/aromatic N) is 3. The van der Waals surface area contributed by atoms with Crippen LogP contribution in [0.4, 0.5) is 10.1 Å². The summed E-state index contributed by atoms with van der Waals surface area (Å²) in [5.41, 5.74) is 3.67. The van der Waals surface area contributed by atoms with Gasteiger partial charge in [-0.15, -0.1) is 0 Å². The zero-order valence-electron chi connectivity index (χ0n) is 18.3. The van der Waals surface area contributed by atoms with Crippen LogP contribution in [0.5, 0.6) is 0 Å². The van der Waals surface area contributed by atoms with E-state index in [4.69, 9.17) is 0 Å². The molecule has 0 fully saturated rings. The molecule has 0 aliphatic heterocycles. The fourth-order valence-corrected chi connectivity index (χ4v) is 4.87. The van der Waals surface area contributed by atoms with Gasteiger partial charge in [-0.3, -0.25) is 14.6 Å². The lowest BCUT2D eigenvalue weighted by Gasteiger charge is -2.11. The fraction of sp³-hybridized carbons (Fsp3) is 0. The second-order valence-electron chi connectivity index (χ2n) is 7.64. The zero-order valence-corrected chi connectivity index (χ0v) is 19.2. The lowest BCUT2D eigenvalue weighted by atomic mass is 10.2. The molecule has 5 aromatic rings. The maximum absolute atomic E-state index is 13.6. The Bertz CT molecular complexity index is 1710. The molecule has 0 bridgehead atoms. The topological polar surface area (TPSA) is 139 Å². The van der Waals surface area contributed by atoms with E-state index in [1.165, 1.54) is 59.8 Å². The van der Waals surface area contributed by atoms with Gasteiger partial charge >= 0.3 is 0 Å². The highest BCUT2D eigenvalue weighted by molar-refractivity contribution is 7.91. The summed E-state index contributed by atoms with van der Waals surface area (Å²) in [5.74, 6) is -1.69. The molecule has 0 atom stereocenters. The van der Waals surface area contributed by atoms with E-state index in [2.05, 4.69) is 25.8 Å². The van der Waals surface area contributed by atoms with E-state index in [1.807, 2.05) is 0 Å². The van der Waals surface area contributed by atoms with Crippen molar-refractivity contribution >= 4 is 38.2 Å². The summed E-state index contributed by atoms with van der Waals surface area (Å²) in [6, 6.07) is 13.7. The summed E-state index contributed by atoms with van der Waals surface area (Å²) in [6.07, 6.45) is 5.74. The molecular formula is C24H17FN6O4S. The number of nitrogens with one attached hydrogen (secondary N) is 3. The fourth-order valence-electron chi connectivity index (χ4n) is 3.55. The lowest BCUT2D eigenvalue weighted by molar-refractivity contribution is 0.101. The first kappa shape index (κ1) is 22.9. The maximum atomic E-state index is 13.6. The second-order valence-corrected chi connectivity index (χ2v) is 9.59. The van der Waals surface area contributed by atoms with Gasteiger partial charge in [0, 0.05) is 17.8 Å². The molecule has 12 heteroatoms. The van der Waals surface area contributed by atoms with E-state index >= 15 is 0 Å². The number of benzene rings is 2. The summed E-state index contributed by atoms with van der Waals surface area (Å²) in [4.78, 5) is 33.1. The van der Waals surface area contributed by atoms with Crippen molar-refractivity contribution < 1.29 is 22.4 Å². The molecular weight excluding hydrogens is 487 g/mol. The van der Waals surface area contributed by atoms with Crippen LogP contribution < -0.4 is 10.7 Å². The largest absolute Gasteiger partial charge is 0.357 e. The Balaban J connectivity index is 1.40. The number of hydrogen-bond acceptors (Lipinski definition) is 6. The van der Waals surface area contributed by atoms with E-state index in [0.29, 0.717) is 16.6 Å². The van der Waals surface area contributed by atoms with Crippen molar-refractivity contribution in [2.45, 2.75) is 9.79 Å². The van der Waals surface area contributed by atoms with Crippen LogP contribution in [0, 0.1) is 5.82 Å². The molecule has 36 heavy (non-hydrogen) atoms. The quantitative estimate of drug-likeness (QED) is 0.324. The Morgan fingerprint density at radius 2 is 1.78 bits per heavy atom. The first-order valence-corrected chi connectivity index (χ1v) is 12.0. The molecule has 3 heterocycles. The van der Waals surface area contributed by atoms with Crippen LogP contribution in [0.3, 0.4) is 0 Å². The number of aromatic nitrogens is 4. The molecule has 0 saturated heterocycles. The van der Waals surface area contributed by atoms with Crippen molar-refractivity contribution in [2.24, 2.45) is 0 Å². The van der Waals surface area contributed by atoms with E-state index < -0.39 is 27.5 Å². The van der Waals surface area contributed by atoms with Crippen molar-refractivity contribution in [1.82, 2.24) is 19.9 Å². The van der Waals surface area contributed by atoms with Crippen molar-refractivity contribution in [2.75, 3.05) is 10.7 Å². The Morgan fingerprint density at radius 3 is 2.56 bits per heavy atom. The monoisotopic (exact) mass is 504 g/mol. The van der Waals surface area contributed by atoms with E-state index in [9.17, 15) is 22.4 Å². The number of H-pyrrole nitrogens is 1. The molecule has 2 amide bonds. The van der Waals surface area contributed by atoms with Gasteiger partial charge in [0.05, 0.1) is 39.0 Å². The number of sulfone groups is 1. The van der Waals surface area contributed by atoms with Crippen LogP contribution >= 0.6 is 0 Å². The third-order valence-electron chi connectivity index (χ3n) is 5.32. The number of carbonyl (C=O) groups is 2. The molecule has 3 aromatic heterocycles. The lowest BCUT2D eigenvalue weighted by Crippen LogP contribution is -2.25. The molecule has 2 aromatic carbocycles. The molecule has 0 spiro atoms. The molecule has 180 valence electrons. The number of carbonyl (C=O) groups excluding carboxylic acids is 2. The number of hydrogen-bond donors (Lipinski definition) is 3. The maximum Gasteiger partial charge on any atom is 0.273 e. The zero-order chi connectivity index (χ0) is 25.3. The highest BCUT2D eigenvalue weighted by Gasteiger charge is 2.20. The smallest absolute Gasteiger partial charge is 0.273 e. The van der Waals surface area contributed by atoms with Crippen LogP contribution in [0.25, 0.3) is 10.9 Å². The highest BCUT2D eigenvalue weighted by atomic mass is 32.2. The van der Waals surface area contributed by atoms with Crippen molar-refractivity contribution in [3.05, 3.63) is 103 Å². The number of amides is 2. The van der Waals surface area contributed by atoms with Gasteiger partial charge in [-0.1, -0.05) is 6.07 Å². The standard InChI is InChI=1S/C24H17FN6O4S/c25-16-3-1-4-17(12-16)36(34,35)18-6-7-22-15(11-18)13-28-31(22)30-23(32)19-8-10-26-14-21(19)29-24(33)20-5-2-9-27-20/h1-14,27H,(H,29,33)(H,30,32). The normalized spacial score (nSPS) is 11.4. The average Bonchev–Trinajstić information content (AvgIpc) is 3.55. The van der Waals surface area contributed by atoms with Gasteiger partial charge in [0.1, 0.15) is 11.5 Å². The number of rotatable bonds is 6. The minimum atomic E-state index is -3.96. The molecule has 0 aliphatic rings. The molecule has 10 nitrogen and oxygen atoms in total. The van der Waals surface area contributed by atoms with Crippen molar-refractivity contribution in [3.63, 3.8) is 0 Å². The number of pyridine rings is 1. The van der Waals surface area contributed by atoms with Crippen LogP contribution in [0.2, 0.25) is 0 Å². The third-order valence-corrected chi connectivity index (χ3v) is 7.07. The molecule has 5 rings (SSSR count). The van der Waals surface area contributed by atoms with Gasteiger partial charge < -0.3 is 10.3 Å². The van der Waals surface area contributed by atoms with E-state index in [-0.39, 0.29) is 21.0 Å². The molecule has 0 saturated carbocycles. The first-order valence-electron chi connectivity index (χ1n) is 10.5. The Hall–Kier alpha value is -4.84. The van der Waals surface area contributed by atoms with Crippen LogP contribution in [0.15, 0.2) is 95.2 Å². The predicted molar refractivity (Wildman–Crippen MR) is 128 cm³/mol. The summed E-state index contributed by atoms with van der Waals surface area (Å²) in [5, 5.41) is 7.19. The molecule has 3 N–H and O–H groups in total. The van der Waals surface area contributed by atoms with Crippen LogP contribution in [-0.4, -0.2) is 40.1 Å². The molecule has 0 aliphatic carbocycles. The van der Waals surface area contributed by atoms with E-state index in [0.717, 1.165) is 12.1 Å². The van der Waals surface area contributed by atoms with Crippen LogP contribution in [-0.2, 0) is 9.84 Å². The second kappa shape index (κ2) is 9.07. The number of aromatic amines is 1. The van der Waals surface area contributed by atoms with E-state index in [1.54, 1.807) is 18.3 Å². The van der Waals surface area contributed by atoms with Gasteiger partial charge in [-0.25, -0.2) is 18.2 Å². The Kier molecular flexibility index (Phi) is 5.78. The number of anilines is 1. The summed E-state index contributed by atoms with van der Waals surface area (Å²) in [7, 11) is -3.96. The highest BCUT2D eigenvalue weighted by Crippen LogP contribution is 2.25. The average molecular weight is 505 g/mol. The van der Waals surface area contributed by atoms with Gasteiger partial charge in [0.25, 0.3) is 11.8 Å². The minimum absolute atomic E-state index is 0.0464. The molecule has 0 radical (unpaired) electrons. The van der Waals surface area contributed by atoms with Gasteiger partial charge in [0.15, 0.2) is 0 Å². The van der Waals surface area contributed by atoms with Crippen molar-refractivity contribution in [1.29, 1.82) is 0 Å². The Labute approximate surface area is 203 Å². The summed E-state index contributed by atoms with van der Waals surface area (Å²) >= 11 is 0. The van der Waals surface area contributed by atoms with Gasteiger partial charge in [0.2, 0.25) is 9.84 Å². The third kappa shape index (κ3) is 4.32. The van der Waals surface area contributed by atoms with Crippen LogP contribution in [0.1, 0.15) is 20.8 Å². The number of fused-ring (bicyclic) bond motifs is 1.